The molecule has 3 N–H and O–H groups in total. The number of halogens is 2. The maximum atomic E-state index is 13.5. The fourth-order valence-electron chi connectivity index (χ4n) is 7.72. The predicted molar refractivity (Wildman–Crippen MR) is 265 cm³/mol. The molecule has 3 aromatic heterocycles. The standard InChI is InChI=1S/C29H31N7O.C22H24ClFN4O3/c1-21-5-10-25(18-27(21)34-29-31-13-11-26(33-29)24-4-3-12-30-19-24)32-28(37)23-8-6-22(7-9-23)20-36-16-14-35(2)15-17-36;1-29-20-13-19-16(12-21(20)31-8-2-5-28-6-9-30-10-7-28)22(26-14-25-19)27-15-3-4-18(24)17(23)11-15/h3-13,18-19H,14-17,20H2,1-2H3,(H,32,37)(H,31,33,34);3-4,11-14H,2,5-10H2,1H3,(H,25,26,27). The number of rotatable bonds is 15. The summed E-state index contributed by atoms with van der Waals surface area (Å²) in [4.78, 5) is 41.9. The molecule has 4 aromatic carbocycles. The number of likely N-dealkylation sites (N-methyl/N-ethyl adjacent to an activating group) is 1. The van der Waals surface area contributed by atoms with Crippen LogP contribution < -0.4 is 25.4 Å². The van der Waals surface area contributed by atoms with Crippen LogP contribution >= 0.6 is 11.6 Å². The minimum atomic E-state index is -0.475. The maximum Gasteiger partial charge on any atom is 0.255 e. The van der Waals surface area contributed by atoms with Gasteiger partial charge >= 0.3 is 0 Å². The molecule has 0 spiro atoms. The smallest absolute Gasteiger partial charge is 0.255 e. The van der Waals surface area contributed by atoms with Crippen molar-refractivity contribution in [3.63, 3.8) is 0 Å². The summed E-state index contributed by atoms with van der Waals surface area (Å²) in [6.07, 6.45) is 7.57. The van der Waals surface area contributed by atoms with Crippen LogP contribution in [0, 0.1) is 12.7 Å². The first-order valence-electron chi connectivity index (χ1n) is 22.6. The Morgan fingerprint density at radius 3 is 2.41 bits per heavy atom. The molecular weight excluding hydrogens is 885 g/mol. The molecule has 1 amide bonds. The van der Waals surface area contributed by atoms with E-state index in [9.17, 15) is 9.18 Å². The van der Waals surface area contributed by atoms with Gasteiger partial charge in [0, 0.05) is 111 Å². The van der Waals surface area contributed by atoms with Gasteiger partial charge in [0.15, 0.2) is 11.5 Å². The Morgan fingerprint density at radius 2 is 1.65 bits per heavy atom. The number of aryl methyl sites for hydroxylation is 1. The third-order valence-corrected chi connectivity index (χ3v) is 11.9. The van der Waals surface area contributed by atoms with E-state index in [2.05, 4.69) is 62.6 Å². The first-order valence-corrected chi connectivity index (χ1v) is 23.0. The van der Waals surface area contributed by atoms with Gasteiger partial charge in [0.05, 0.1) is 43.2 Å². The van der Waals surface area contributed by atoms with Crippen LogP contribution in [0.5, 0.6) is 11.5 Å². The van der Waals surface area contributed by atoms with Crippen molar-refractivity contribution in [2.24, 2.45) is 0 Å². The quantitative estimate of drug-likeness (QED) is 0.0839. The van der Waals surface area contributed by atoms with Crippen molar-refractivity contribution in [2.45, 2.75) is 19.9 Å². The Hall–Kier alpha value is -6.82. The monoisotopic (exact) mass is 939 g/mol. The van der Waals surface area contributed by atoms with E-state index in [1.165, 1.54) is 24.0 Å². The van der Waals surface area contributed by atoms with Gasteiger partial charge in [0.2, 0.25) is 5.95 Å². The van der Waals surface area contributed by atoms with Crippen molar-refractivity contribution >= 4 is 57.2 Å². The van der Waals surface area contributed by atoms with Crippen LogP contribution in [0.25, 0.3) is 22.2 Å². The van der Waals surface area contributed by atoms with Crippen LogP contribution in [0.15, 0.2) is 116 Å². The lowest BCUT2D eigenvalue weighted by Crippen LogP contribution is -2.43. The summed E-state index contributed by atoms with van der Waals surface area (Å²) >= 11 is 5.90. The summed E-state index contributed by atoms with van der Waals surface area (Å²) in [6.45, 7) is 12.2. The van der Waals surface area contributed by atoms with Gasteiger partial charge in [0.1, 0.15) is 18.0 Å². The van der Waals surface area contributed by atoms with Gasteiger partial charge in [-0.3, -0.25) is 19.6 Å². The Labute approximate surface area is 400 Å². The number of methoxy groups -OCH3 is 1. The number of aromatic nitrogens is 5. The van der Waals surface area contributed by atoms with E-state index in [-0.39, 0.29) is 10.9 Å². The summed E-state index contributed by atoms with van der Waals surface area (Å²) in [5.74, 6) is 1.64. The molecule has 2 fully saturated rings. The first-order chi connectivity index (χ1) is 33.2. The zero-order valence-electron chi connectivity index (χ0n) is 38.4. The molecular formula is C51H55ClFN11O4. The molecule has 0 unspecified atom stereocenters. The number of nitrogens with one attached hydrogen (secondary N) is 3. The molecule has 15 nitrogen and oxygen atoms in total. The zero-order chi connectivity index (χ0) is 47.2. The third-order valence-electron chi connectivity index (χ3n) is 11.7. The lowest BCUT2D eigenvalue weighted by Gasteiger charge is -2.32. The number of amides is 1. The second kappa shape index (κ2) is 23.3. The summed E-state index contributed by atoms with van der Waals surface area (Å²) in [5.41, 5.74) is 7.40. The fraction of sp³-hybridized carbons (Fsp3) is 0.294. The third kappa shape index (κ3) is 13.0. The van der Waals surface area contributed by atoms with E-state index < -0.39 is 5.82 Å². The van der Waals surface area contributed by atoms with E-state index >= 15 is 0 Å². The van der Waals surface area contributed by atoms with Crippen molar-refractivity contribution in [1.82, 2.24) is 39.6 Å². The van der Waals surface area contributed by atoms with Crippen LogP contribution in [0.1, 0.15) is 27.9 Å². The molecule has 0 saturated carbocycles. The highest BCUT2D eigenvalue weighted by molar-refractivity contribution is 6.31. The highest BCUT2D eigenvalue weighted by Crippen LogP contribution is 2.35. The number of anilines is 5. The molecule has 352 valence electrons. The van der Waals surface area contributed by atoms with E-state index in [0.717, 1.165) is 99.9 Å². The minimum Gasteiger partial charge on any atom is -0.493 e. The number of hydrogen-bond donors (Lipinski definition) is 3. The van der Waals surface area contributed by atoms with Crippen LogP contribution in [0.3, 0.4) is 0 Å². The first kappa shape index (κ1) is 47.7. The Bertz CT molecular complexity index is 2780. The number of nitrogens with zero attached hydrogens (tertiary/aromatic N) is 8. The van der Waals surface area contributed by atoms with Crippen LogP contribution in [0.2, 0.25) is 5.02 Å². The summed E-state index contributed by atoms with van der Waals surface area (Å²) in [7, 11) is 3.76. The number of carbonyl (C=O) groups excluding carboxylic acids is 1. The molecule has 2 aliphatic rings. The molecule has 9 rings (SSSR count). The van der Waals surface area contributed by atoms with Crippen molar-refractivity contribution < 1.29 is 23.4 Å². The highest BCUT2D eigenvalue weighted by Gasteiger charge is 2.17. The largest absolute Gasteiger partial charge is 0.493 e. The van der Waals surface area contributed by atoms with E-state index in [4.69, 9.17) is 25.8 Å². The SMILES string of the molecule is COc1cc2ncnc(Nc3ccc(F)c(Cl)c3)c2cc1OCCCN1CCOCC1.Cc1ccc(NC(=O)c2ccc(CN3CCN(C)CC3)cc2)cc1Nc1nccc(-c2cccnc2)n1. The van der Waals surface area contributed by atoms with Gasteiger partial charge in [-0.15, -0.1) is 0 Å². The summed E-state index contributed by atoms with van der Waals surface area (Å²) in [6, 6.07) is 27.4. The van der Waals surface area contributed by atoms with Crippen molar-refractivity contribution in [3.8, 4) is 22.8 Å². The van der Waals surface area contributed by atoms with Gasteiger partial charge in [-0.2, -0.15) is 0 Å². The molecule has 5 heterocycles. The number of pyridine rings is 1. The molecule has 7 aromatic rings. The van der Waals surface area contributed by atoms with Crippen molar-refractivity contribution in [1.29, 1.82) is 0 Å². The number of morpholine rings is 1. The molecule has 2 saturated heterocycles. The normalized spacial score (nSPS) is 14.4. The average Bonchev–Trinajstić information content (AvgIpc) is 3.37. The Morgan fingerprint density at radius 1 is 0.838 bits per heavy atom. The van der Waals surface area contributed by atoms with Crippen LogP contribution in [-0.4, -0.2) is 125 Å². The average molecular weight is 941 g/mol. The van der Waals surface area contributed by atoms with Crippen LogP contribution in [-0.2, 0) is 11.3 Å². The van der Waals surface area contributed by atoms with Gasteiger partial charge in [-0.05, 0) is 98.2 Å². The lowest BCUT2D eigenvalue weighted by atomic mass is 10.1. The van der Waals surface area contributed by atoms with Gasteiger partial charge < -0.3 is 35.1 Å². The minimum absolute atomic E-state index is 0.0364. The summed E-state index contributed by atoms with van der Waals surface area (Å²) in [5, 5.41) is 10.3. The number of piperazine rings is 1. The number of ether oxygens (including phenoxy) is 3. The highest BCUT2D eigenvalue weighted by atomic mass is 35.5. The predicted octanol–water partition coefficient (Wildman–Crippen LogP) is 8.87. The fourth-order valence-corrected chi connectivity index (χ4v) is 7.90. The number of hydrogen-bond acceptors (Lipinski definition) is 14. The number of carbonyl (C=O) groups is 1. The molecule has 0 radical (unpaired) electrons. The number of fused-ring (bicyclic) bond motifs is 1. The Kier molecular flexibility index (Phi) is 16.3. The zero-order valence-corrected chi connectivity index (χ0v) is 39.2. The van der Waals surface area contributed by atoms with E-state index in [0.29, 0.717) is 52.3 Å². The molecule has 17 heteroatoms. The van der Waals surface area contributed by atoms with Gasteiger partial charge in [-0.25, -0.2) is 24.3 Å². The topological polar surface area (TPSA) is 155 Å². The van der Waals surface area contributed by atoms with Crippen molar-refractivity contribution in [2.75, 3.05) is 95.7 Å². The molecule has 0 atom stereocenters. The molecule has 68 heavy (non-hydrogen) atoms. The van der Waals surface area contributed by atoms with Crippen LogP contribution in [0.4, 0.5) is 33.2 Å². The molecule has 2 aliphatic heterocycles. The van der Waals surface area contributed by atoms with Crippen molar-refractivity contribution in [3.05, 3.63) is 143 Å². The second-order valence-electron chi connectivity index (χ2n) is 16.5. The second-order valence-corrected chi connectivity index (χ2v) is 17.0. The molecule has 0 bridgehead atoms. The van der Waals surface area contributed by atoms with E-state index in [1.807, 2.05) is 79.7 Å². The van der Waals surface area contributed by atoms with Gasteiger partial charge in [0.25, 0.3) is 5.91 Å². The number of benzene rings is 4. The van der Waals surface area contributed by atoms with Gasteiger partial charge in [-0.1, -0.05) is 29.8 Å². The maximum absolute atomic E-state index is 13.5. The summed E-state index contributed by atoms with van der Waals surface area (Å²) < 4.78 is 30.4. The molecule has 0 aliphatic carbocycles. The Balaban J connectivity index is 0.000000187. The lowest BCUT2D eigenvalue weighted by molar-refractivity contribution is 0.0357. The van der Waals surface area contributed by atoms with E-state index in [1.54, 1.807) is 31.8 Å².